The van der Waals surface area contributed by atoms with Gasteiger partial charge in [-0.1, -0.05) is 13.8 Å². The molecule has 1 aliphatic rings. The van der Waals surface area contributed by atoms with E-state index in [-0.39, 0.29) is 18.4 Å². The molecule has 0 aromatic carbocycles. The first-order valence-electron chi connectivity index (χ1n) is 7.07. The van der Waals surface area contributed by atoms with Gasteiger partial charge in [0.1, 0.15) is 6.04 Å². The molecule has 8 heteroatoms. The van der Waals surface area contributed by atoms with E-state index in [4.69, 9.17) is 5.73 Å². The number of hydrogen-bond donors (Lipinski definition) is 5. The fourth-order valence-corrected chi connectivity index (χ4v) is 2.19. The number of nitrogens with one attached hydrogen (secondary N) is 3. The molecule has 0 aromatic rings. The van der Waals surface area contributed by atoms with Crippen LogP contribution >= 0.6 is 0 Å². The van der Waals surface area contributed by atoms with Crippen molar-refractivity contribution in [1.29, 1.82) is 0 Å². The van der Waals surface area contributed by atoms with E-state index in [1.807, 2.05) is 13.8 Å². The molecule has 3 unspecified atom stereocenters. The molecule has 3 atom stereocenters. The molecule has 0 aromatic heterocycles. The number of aliphatic hydroxyl groups excluding tert-OH is 1. The Kier molecular flexibility index (Phi) is 6.57. The summed E-state index contributed by atoms with van der Waals surface area (Å²) in [6.45, 7) is 3.96. The van der Waals surface area contributed by atoms with E-state index in [9.17, 15) is 19.5 Å². The van der Waals surface area contributed by atoms with Crippen molar-refractivity contribution in [3.63, 3.8) is 0 Å². The highest BCUT2D eigenvalue weighted by Gasteiger charge is 2.31. The van der Waals surface area contributed by atoms with Crippen molar-refractivity contribution in [3.8, 4) is 0 Å². The molecule has 3 amide bonds. The maximum Gasteiger partial charge on any atom is 0.243 e. The van der Waals surface area contributed by atoms with Gasteiger partial charge >= 0.3 is 0 Å². The number of nitrogens with two attached hydrogens (primary N) is 1. The Morgan fingerprint density at radius 1 is 1.38 bits per heavy atom. The molecule has 0 spiro atoms. The zero-order chi connectivity index (χ0) is 16.0. The summed E-state index contributed by atoms with van der Waals surface area (Å²) >= 11 is 0. The topological polar surface area (TPSA) is 134 Å². The van der Waals surface area contributed by atoms with Gasteiger partial charge in [0.2, 0.25) is 17.7 Å². The second-order valence-electron chi connectivity index (χ2n) is 5.73. The molecule has 21 heavy (non-hydrogen) atoms. The summed E-state index contributed by atoms with van der Waals surface area (Å²) in [6, 6.07) is -1.23. The van der Waals surface area contributed by atoms with Crippen LogP contribution in [0.4, 0.5) is 0 Å². The molecular weight excluding hydrogens is 276 g/mol. The number of carbonyl (C=O) groups is 3. The predicted octanol–water partition coefficient (Wildman–Crippen LogP) is -2.16. The molecule has 0 aliphatic carbocycles. The maximum atomic E-state index is 12.1. The van der Waals surface area contributed by atoms with Gasteiger partial charge in [-0.3, -0.25) is 14.4 Å². The van der Waals surface area contributed by atoms with Gasteiger partial charge in [0.25, 0.3) is 0 Å². The van der Waals surface area contributed by atoms with Gasteiger partial charge in [0.15, 0.2) is 0 Å². The standard InChI is InChI=1S/C13H24N4O4/c1-7(2)3-10(12(20)16-6-11(14)19)17-13(21)9-4-8(18)5-15-9/h7-10,15,18H,3-6H2,1-2H3,(H2,14,19)(H,16,20)(H,17,21). The third-order valence-electron chi connectivity index (χ3n) is 3.20. The SMILES string of the molecule is CC(C)CC(NC(=O)C1CC(O)CN1)C(=O)NCC(N)=O. The number of amides is 3. The Morgan fingerprint density at radius 2 is 2.05 bits per heavy atom. The van der Waals surface area contributed by atoms with E-state index < -0.39 is 30.0 Å². The first-order valence-corrected chi connectivity index (χ1v) is 7.07. The second-order valence-corrected chi connectivity index (χ2v) is 5.73. The van der Waals surface area contributed by atoms with Crippen LogP contribution in [0.5, 0.6) is 0 Å². The lowest BCUT2D eigenvalue weighted by Crippen LogP contribution is -2.52. The van der Waals surface area contributed by atoms with E-state index in [1.54, 1.807) is 0 Å². The fraction of sp³-hybridized carbons (Fsp3) is 0.769. The van der Waals surface area contributed by atoms with Crippen molar-refractivity contribution in [2.75, 3.05) is 13.1 Å². The molecule has 0 radical (unpaired) electrons. The minimum absolute atomic E-state index is 0.191. The third-order valence-corrected chi connectivity index (χ3v) is 3.20. The zero-order valence-corrected chi connectivity index (χ0v) is 12.4. The van der Waals surface area contributed by atoms with Crippen molar-refractivity contribution < 1.29 is 19.5 Å². The Labute approximate surface area is 123 Å². The molecule has 0 saturated carbocycles. The summed E-state index contributed by atoms with van der Waals surface area (Å²) in [5.74, 6) is -1.21. The van der Waals surface area contributed by atoms with Crippen LogP contribution < -0.4 is 21.7 Å². The van der Waals surface area contributed by atoms with Crippen LogP contribution in [0.3, 0.4) is 0 Å². The monoisotopic (exact) mass is 300 g/mol. The maximum absolute atomic E-state index is 12.1. The highest BCUT2D eigenvalue weighted by Crippen LogP contribution is 2.09. The molecule has 1 fully saturated rings. The number of β-amino-alcohol motifs (C(OH)–C–C–N with tert-alkyl or cyclic N) is 1. The summed E-state index contributed by atoms with van der Waals surface area (Å²) in [5.41, 5.74) is 4.98. The Balaban J connectivity index is 2.58. The Hall–Kier alpha value is -1.67. The predicted molar refractivity (Wildman–Crippen MR) is 76.0 cm³/mol. The number of hydrogen-bond acceptors (Lipinski definition) is 5. The van der Waals surface area contributed by atoms with Gasteiger partial charge < -0.3 is 26.8 Å². The van der Waals surface area contributed by atoms with E-state index >= 15 is 0 Å². The zero-order valence-electron chi connectivity index (χ0n) is 12.4. The van der Waals surface area contributed by atoms with Crippen LogP contribution in [0.1, 0.15) is 26.7 Å². The summed E-state index contributed by atoms with van der Waals surface area (Å²) < 4.78 is 0. The molecule has 8 nitrogen and oxygen atoms in total. The Morgan fingerprint density at radius 3 is 2.52 bits per heavy atom. The van der Waals surface area contributed by atoms with Crippen molar-refractivity contribution in [2.24, 2.45) is 11.7 Å². The van der Waals surface area contributed by atoms with Crippen molar-refractivity contribution >= 4 is 17.7 Å². The van der Waals surface area contributed by atoms with Gasteiger partial charge in [-0.2, -0.15) is 0 Å². The van der Waals surface area contributed by atoms with Crippen molar-refractivity contribution in [2.45, 2.75) is 44.9 Å². The number of aliphatic hydroxyl groups is 1. The summed E-state index contributed by atoms with van der Waals surface area (Å²) in [4.78, 5) is 34.8. The van der Waals surface area contributed by atoms with Gasteiger partial charge in [0, 0.05) is 6.54 Å². The molecule has 0 bridgehead atoms. The average molecular weight is 300 g/mol. The molecular formula is C13H24N4O4. The molecule has 1 aliphatic heterocycles. The van der Waals surface area contributed by atoms with E-state index in [1.165, 1.54) is 0 Å². The molecule has 120 valence electrons. The van der Waals surface area contributed by atoms with Gasteiger partial charge in [-0.25, -0.2) is 0 Å². The largest absolute Gasteiger partial charge is 0.392 e. The summed E-state index contributed by atoms with van der Waals surface area (Å²) in [5, 5.41) is 17.3. The second kappa shape index (κ2) is 7.94. The highest BCUT2D eigenvalue weighted by molar-refractivity contribution is 5.91. The van der Waals surface area contributed by atoms with E-state index in [2.05, 4.69) is 16.0 Å². The van der Waals surface area contributed by atoms with Crippen LogP contribution in [0.2, 0.25) is 0 Å². The van der Waals surface area contributed by atoms with Crippen LogP contribution in [0.15, 0.2) is 0 Å². The smallest absolute Gasteiger partial charge is 0.243 e. The normalized spacial score (nSPS) is 22.9. The number of primary amides is 1. The lowest BCUT2D eigenvalue weighted by molar-refractivity contribution is -0.131. The van der Waals surface area contributed by atoms with Crippen molar-refractivity contribution in [1.82, 2.24) is 16.0 Å². The van der Waals surface area contributed by atoms with Crippen LogP contribution in [0, 0.1) is 5.92 Å². The minimum atomic E-state index is -0.726. The number of rotatable bonds is 7. The molecule has 1 saturated heterocycles. The van der Waals surface area contributed by atoms with E-state index in [0.29, 0.717) is 19.4 Å². The van der Waals surface area contributed by atoms with Gasteiger partial charge in [-0.15, -0.1) is 0 Å². The van der Waals surface area contributed by atoms with Crippen molar-refractivity contribution in [3.05, 3.63) is 0 Å². The van der Waals surface area contributed by atoms with Crippen LogP contribution in [-0.2, 0) is 14.4 Å². The van der Waals surface area contributed by atoms with Crippen LogP contribution in [0.25, 0.3) is 0 Å². The van der Waals surface area contributed by atoms with E-state index in [0.717, 1.165) is 0 Å². The van der Waals surface area contributed by atoms with Crippen LogP contribution in [-0.4, -0.2) is 54.1 Å². The van der Waals surface area contributed by atoms with Gasteiger partial charge in [0.05, 0.1) is 18.7 Å². The van der Waals surface area contributed by atoms with Gasteiger partial charge in [-0.05, 0) is 18.8 Å². The third kappa shape index (κ3) is 6.09. The lowest BCUT2D eigenvalue weighted by atomic mass is 10.0. The quantitative estimate of drug-likeness (QED) is 0.365. The highest BCUT2D eigenvalue weighted by atomic mass is 16.3. The molecule has 1 heterocycles. The average Bonchev–Trinajstić information content (AvgIpc) is 2.81. The number of carbonyl (C=O) groups excluding carboxylic acids is 3. The fourth-order valence-electron chi connectivity index (χ4n) is 2.19. The Bertz CT molecular complexity index is 400. The first-order chi connectivity index (χ1) is 9.79. The summed E-state index contributed by atoms with van der Waals surface area (Å²) in [7, 11) is 0. The first kappa shape index (κ1) is 17.4. The molecule has 6 N–H and O–H groups in total. The minimum Gasteiger partial charge on any atom is -0.392 e. The summed E-state index contributed by atoms with van der Waals surface area (Å²) in [6.07, 6.45) is 0.224. The lowest BCUT2D eigenvalue weighted by Gasteiger charge is -2.21. The molecule has 1 rings (SSSR count).